The van der Waals surface area contributed by atoms with E-state index in [0.29, 0.717) is 58.8 Å². The van der Waals surface area contributed by atoms with Crippen molar-refractivity contribution in [3.05, 3.63) is 118 Å². The molecule has 0 unspecified atom stereocenters. The van der Waals surface area contributed by atoms with Gasteiger partial charge in [0.05, 0.1) is 34.9 Å². The van der Waals surface area contributed by atoms with Crippen LogP contribution in [0.2, 0.25) is 0 Å². The summed E-state index contributed by atoms with van der Waals surface area (Å²) in [4.78, 5) is 74.1. The molecule has 0 bridgehead atoms. The van der Waals surface area contributed by atoms with Crippen LogP contribution in [0.3, 0.4) is 0 Å². The van der Waals surface area contributed by atoms with Crippen molar-refractivity contribution in [1.82, 2.24) is 0 Å². The van der Waals surface area contributed by atoms with Gasteiger partial charge in [-0.15, -0.1) is 0 Å². The highest BCUT2D eigenvalue weighted by molar-refractivity contribution is 6.07. The normalized spacial score (nSPS) is 11.9. The van der Waals surface area contributed by atoms with Gasteiger partial charge in [-0.3, -0.25) is 28.8 Å². The summed E-state index contributed by atoms with van der Waals surface area (Å²) >= 11 is 0. The van der Waals surface area contributed by atoms with Crippen molar-refractivity contribution < 1.29 is 76.1 Å². The second kappa shape index (κ2) is 32.4. The van der Waals surface area contributed by atoms with Crippen molar-refractivity contribution >= 4 is 47.6 Å². The van der Waals surface area contributed by atoms with E-state index in [0.717, 1.165) is 54.4 Å². The minimum absolute atomic E-state index is 0.191. The van der Waals surface area contributed by atoms with Gasteiger partial charge in [-0.25, -0.2) is 0 Å². The van der Waals surface area contributed by atoms with Crippen molar-refractivity contribution in [2.75, 3.05) is 40.4 Å². The fourth-order valence-corrected chi connectivity index (χ4v) is 6.99. The van der Waals surface area contributed by atoms with E-state index >= 15 is 0 Å². The first-order valence-corrected chi connectivity index (χ1v) is 28.7. The molecule has 0 aliphatic heterocycles. The molecule has 0 N–H and O–H groups in total. The van der Waals surface area contributed by atoms with Crippen LogP contribution >= 0.6 is 0 Å². The van der Waals surface area contributed by atoms with Crippen LogP contribution in [0.15, 0.2) is 84.9 Å². The number of esters is 4. The van der Waals surface area contributed by atoms with Crippen LogP contribution in [0.25, 0.3) is 12.2 Å². The molecular formula is C68H92O16. The zero-order valence-electron chi connectivity index (χ0n) is 53.0. The van der Waals surface area contributed by atoms with Gasteiger partial charge < -0.3 is 47.4 Å². The first-order chi connectivity index (χ1) is 39.2. The fraction of sp³-hybridized carbons (Fsp3) is 0.500. The van der Waals surface area contributed by atoms with Gasteiger partial charge >= 0.3 is 23.9 Å². The standard InChI is InChI=1S/C35H48O8.C33H44O8/c1-11-19-39-29-21-30(41-23-43-32(38)34(6,7)8)27(35(9,10)12-2)20-25(29)15-18-28(36)24-13-16-26(17-14-24)40-22-42-31(37)33(3,4)5;1-9-11-24-19-25(28(37-18-10-2)20-29(24)39-22-41-31(36)33(6,7)8)14-17-27(34)23-12-15-26(16-13-23)38-21-40-30(35)32(3,4)5/h13-18,20-21H,11-12,19,22-23H2,1-10H3;12-17,19-20H,9-11,18,21-22H2,1-8H3/b18-15+;17-14+. The molecule has 4 rings (SSSR count). The Kier molecular flexibility index (Phi) is 27.3. The lowest BCUT2D eigenvalue weighted by atomic mass is 9.80. The molecule has 16 heteroatoms. The predicted octanol–water partition coefficient (Wildman–Crippen LogP) is 15.1. The maximum Gasteiger partial charge on any atom is 0.314 e. The summed E-state index contributed by atoms with van der Waals surface area (Å²) in [5, 5.41) is 0. The maximum absolute atomic E-state index is 13.0. The average molecular weight is 1170 g/mol. The SMILES string of the molecule is CCCOc1cc(OCOC(=O)C(C)(C)C)c(C(C)(C)CC)cc1/C=C/C(=O)c1ccc(OCOC(=O)C(C)(C)C)cc1.CCCOc1cc(OCOC(=O)C(C)(C)C)c(CCC)cc1/C=C/C(=O)c1ccc(OCOC(=O)C(C)(C)C)cc1. The Morgan fingerprint density at radius 2 is 0.738 bits per heavy atom. The van der Waals surface area contributed by atoms with Crippen LogP contribution in [0.1, 0.15) is 193 Å². The molecule has 0 amide bonds. The Morgan fingerprint density at radius 1 is 0.393 bits per heavy atom. The molecule has 0 radical (unpaired) electrons. The monoisotopic (exact) mass is 1160 g/mol. The molecule has 4 aromatic carbocycles. The molecular weight excluding hydrogens is 1070 g/mol. The molecule has 0 atom stereocenters. The second-order valence-corrected chi connectivity index (χ2v) is 24.8. The van der Waals surface area contributed by atoms with E-state index in [9.17, 15) is 28.8 Å². The number of ketones is 2. The molecule has 0 saturated heterocycles. The molecule has 0 saturated carbocycles. The largest absolute Gasteiger partial charge is 0.493 e. The number of aryl methyl sites for hydroxylation is 1. The fourth-order valence-electron chi connectivity index (χ4n) is 6.99. The summed E-state index contributed by atoms with van der Waals surface area (Å²) in [5.74, 6) is 1.42. The Morgan fingerprint density at radius 3 is 1.08 bits per heavy atom. The smallest absolute Gasteiger partial charge is 0.314 e. The summed E-state index contributed by atoms with van der Waals surface area (Å²) in [6.45, 7) is 33.8. The Balaban J connectivity index is 0.000000441. The first kappa shape index (κ1) is 70.6. The molecule has 84 heavy (non-hydrogen) atoms. The first-order valence-electron chi connectivity index (χ1n) is 28.7. The molecule has 460 valence electrons. The van der Waals surface area contributed by atoms with Crippen LogP contribution in [0.5, 0.6) is 34.5 Å². The van der Waals surface area contributed by atoms with Gasteiger partial charge in [-0.05, 0) is 205 Å². The highest BCUT2D eigenvalue weighted by Crippen LogP contribution is 2.40. The molecule has 16 nitrogen and oxygen atoms in total. The number of allylic oxidation sites excluding steroid dienone is 2. The summed E-state index contributed by atoms with van der Waals surface area (Å²) in [6.07, 6.45) is 10.5. The number of carbonyl (C=O) groups is 6. The van der Waals surface area contributed by atoms with Gasteiger partial charge in [0.1, 0.15) is 34.5 Å². The lowest BCUT2D eigenvalue weighted by Crippen LogP contribution is -2.25. The third kappa shape index (κ3) is 23.6. The topological polar surface area (TPSA) is 195 Å². The zero-order chi connectivity index (χ0) is 63.1. The minimum atomic E-state index is -0.639. The van der Waals surface area contributed by atoms with E-state index in [1.54, 1.807) is 156 Å². The Labute approximate surface area is 498 Å². The number of hydrogen-bond acceptors (Lipinski definition) is 16. The predicted molar refractivity (Wildman–Crippen MR) is 326 cm³/mol. The summed E-state index contributed by atoms with van der Waals surface area (Å²) in [6, 6.07) is 20.7. The molecule has 0 aromatic heterocycles. The average Bonchev–Trinajstić information content (AvgIpc) is 3.35. The number of ether oxygens (including phenoxy) is 10. The molecule has 0 aliphatic rings. The number of carbonyl (C=O) groups excluding carboxylic acids is 6. The van der Waals surface area contributed by atoms with Gasteiger partial charge in [-0.1, -0.05) is 48.0 Å². The van der Waals surface area contributed by atoms with E-state index in [4.69, 9.17) is 47.4 Å². The van der Waals surface area contributed by atoms with Crippen molar-refractivity contribution in [3.63, 3.8) is 0 Å². The van der Waals surface area contributed by atoms with E-state index in [1.165, 1.54) is 12.2 Å². The molecule has 0 spiro atoms. The van der Waals surface area contributed by atoms with Crippen molar-refractivity contribution in [2.45, 2.75) is 162 Å². The van der Waals surface area contributed by atoms with E-state index in [1.807, 2.05) is 26.0 Å². The van der Waals surface area contributed by atoms with Gasteiger partial charge in [-0.2, -0.15) is 0 Å². The summed E-state index contributed by atoms with van der Waals surface area (Å²) < 4.78 is 55.7. The number of hydrogen-bond donors (Lipinski definition) is 0. The van der Waals surface area contributed by atoms with Crippen LogP contribution in [-0.2, 0) is 50.0 Å². The maximum atomic E-state index is 13.0. The molecule has 0 heterocycles. The highest BCUT2D eigenvalue weighted by atomic mass is 16.7. The van der Waals surface area contributed by atoms with E-state index < -0.39 is 21.7 Å². The van der Waals surface area contributed by atoms with Crippen LogP contribution < -0.4 is 28.4 Å². The summed E-state index contributed by atoms with van der Waals surface area (Å²) in [5.41, 5.74) is 1.50. The lowest BCUT2D eigenvalue weighted by Gasteiger charge is -2.27. The van der Waals surface area contributed by atoms with E-state index in [2.05, 4.69) is 27.7 Å². The number of rotatable bonds is 28. The van der Waals surface area contributed by atoms with Crippen molar-refractivity contribution in [1.29, 1.82) is 0 Å². The molecule has 0 aliphatic carbocycles. The van der Waals surface area contributed by atoms with Gasteiger partial charge in [0, 0.05) is 39.9 Å². The van der Waals surface area contributed by atoms with Crippen molar-refractivity contribution in [2.24, 2.45) is 21.7 Å². The van der Waals surface area contributed by atoms with Crippen LogP contribution in [-0.4, -0.2) is 75.8 Å². The highest BCUT2D eigenvalue weighted by Gasteiger charge is 2.28. The third-order valence-electron chi connectivity index (χ3n) is 12.6. The lowest BCUT2D eigenvalue weighted by molar-refractivity contribution is -0.160. The van der Waals surface area contributed by atoms with E-state index in [-0.39, 0.29) is 68.0 Å². The third-order valence-corrected chi connectivity index (χ3v) is 12.6. The molecule has 0 fully saturated rings. The van der Waals surface area contributed by atoms with Crippen LogP contribution in [0, 0.1) is 21.7 Å². The number of benzene rings is 4. The quantitative estimate of drug-likeness (QED) is 0.0171. The molecule has 4 aromatic rings. The Bertz CT molecular complexity index is 2860. The second-order valence-electron chi connectivity index (χ2n) is 24.8. The van der Waals surface area contributed by atoms with Crippen LogP contribution in [0.4, 0.5) is 0 Å². The van der Waals surface area contributed by atoms with Gasteiger partial charge in [0.15, 0.2) is 11.6 Å². The minimum Gasteiger partial charge on any atom is -0.493 e. The Hall–Kier alpha value is -7.62. The zero-order valence-corrected chi connectivity index (χ0v) is 53.0. The van der Waals surface area contributed by atoms with Gasteiger partial charge in [0.25, 0.3) is 0 Å². The summed E-state index contributed by atoms with van der Waals surface area (Å²) in [7, 11) is 0. The van der Waals surface area contributed by atoms with Gasteiger partial charge in [0.2, 0.25) is 27.2 Å². The van der Waals surface area contributed by atoms with Crippen molar-refractivity contribution in [3.8, 4) is 34.5 Å².